The maximum atomic E-state index is 9.79. The summed E-state index contributed by atoms with van der Waals surface area (Å²) in [6.45, 7) is 6.83. The molecule has 1 heterocycles. The molecule has 0 aromatic carbocycles. The molecule has 80 valence electrons. The van der Waals surface area contributed by atoms with Gasteiger partial charge in [-0.05, 0) is 18.9 Å². The van der Waals surface area contributed by atoms with Crippen LogP contribution in [-0.4, -0.2) is 20.9 Å². The fourth-order valence-corrected chi connectivity index (χ4v) is 1.36. The largest absolute Gasteiger partial charge is 0.385 e. The van der Waals surface area contributed by atoms with E-state index < -0.39 is 6.10 Å². The zero-order chi connectivity index (χ0) is 10.7. The van der Waals surface area contributed by atoms with Gasteiger partial charge >= 0.3 is 0 Å². The minimum Gasteiger partial charge on any atom is -0.385 e. The Balaban J connectivity index is 2.81. The maximum absolute atomic E-state index is 9.79. The van der Waals surface area contributed by atoms with Crippen molar-refractivity contribution in [1.29, 1.82) is 0 Å². The molecule has 0 amide bonds. The smallest absolute Gasteiger partial charge is 0.110 e. The predicted molar refractivity (Wildman–Crippen MR) is 55.7 cm³/mol. The Morgan fingerprint density at radius 3 is 2.64 bits per heavy atom. The van der Waals surface area contributed by atoms with Crippen molar-refractivity contribution in [3.8, 4) is 0 Å². The highest BCUT2D eigenvalue weighted by atomic mass is 16.3. The van der Waals surface area contributed by atoms with Crippen LogP contribution in [0.4, 0.5) is 0 Å². The Labute approximate surface area is 84.7 Å². The number of nitrogens with two attached hydrogens (primary N) is 1. The third kappa shape index (κ3) is 2.56. The molecule has 0 spiro atoms. The number of aromatic nitrogens is 2. The van der Waals surface area contributed by atoms with Crippen molar-refractivity contribution < 1.29 is 5.11 Å². The van der Waals surface area contributed by atoms with E-state index in [0.29, 0.717) is 5.92 Å². The van der Waals surface area contributed by atoms with Gasteiger partial charge in [-0.2, -0.15) is 5.10 Å². The molecule has 0 aliphatic heterocycles. The van der Waals surface area contributed by atoms with Gasteiger partial charge in [0.1, 0.15) is 6.10 Å². The Hall–Kier alpha value is -0.870. The molecule has 0 saturated carbocycles. The van der Waals surface area contributed by atoms with Crippen LogP contribution in [-0.2, 0) is 6.54 Å². The number of hydrogen-bond donors (Lipinski definition) is 2. The first-order chi connectivity index (χ1) is 6.52. The van der Waals surface area contributed by atoms with Crippen molar-refractivity contribution in [3.63, 3.8) is 0 Å². The molecule has 0 radical (unpaired) electrons. The molecule has 0 bridgehead atoms. The zero-order valence-corrected chi connectivity index (χ0v) is 9.01. The van der Waals surface area contributed by atoms with Crippen molar-refractivity contribution >= 4 is 0 Å². The van der Waals surface area contributed by atoms with E-state index in [9.17, 15) is 5.11 Å². The van der Waals surface area contributed by atoms with E-state index in [1.165, 1.54) is 0 Å². The van der Waals surface area contributed by atoms with Gasteiger partial charge in [-0.15, -0.1) is 0 Å². The lowest BCUT2D eigenvalue weighted by atomic mass is 10.1. The van der Waals surface area contributed by atoms with Gasteiger partial charge in [-0.25, -0.2) is 0 Å². The molecule has 4 nitrogen and oxygen atoms in total. The van der Waals surface area contributed by atoms with Crippen LogP contribution < -0.4 is 5.73 Å². The summed E-state index contributed by atoms with van der Waals surface area (Å²) in [6, 6.07) is 1.55. The van der Waals surface area contributed by atoms with E-state index in [1.54, 1.807) is 13.1 Å². The van der Waals surface area contributed by atoms with Gasteiger partial charge in [-0.3, -0.25) is 4.68 Å². The summed E-state index contributed by atoms with van der Waals surface area (Å²) in [5.41, 5.74) is 6.44. The van der Waals surface area contributed by atoms with E-state index in [0.717, 1.165) is 12.2 Å². The quantitative estimate of drug-likeness (QED) is 0.754. The second-order valence-corrected chi connectivity index (χ2v) is 4.14. The number of rotatable bonds is 4. The second kappa shape index (κ2) is 4.57. The van der Waals surface area contributed by atoms with Gasteiger partial charge in [-0.1, -0.05) is 13.8 Å². The molecular weight excluding hydrogens is 178 g/mol. The van der Waals surface area contributed by atoms with E-state index in [-0.39, 0.29) is 6.04 Å². The van der Waals surface area contributed by atoms with Gasteiger partial charge in [0.15, 0.2) is 0 Å². The average molecular weight is 197 g/mol. The van der Waals surface area contributed by atoms with Crippen molar-refractivity contribution in [2.45, 2.75) is 39.5 Å². The first-order valence-electron chi connectivity index (χ1n) is 4.97. The SMILES string of the molecule is CC(C)Cn1nccc1C(O)C(C)N. The molecule has 0 saturated heterocycles. The number of aliphatic hydroxyl groups is 1. The lowest BCUT2D eigenvalue weighted by Gasteiger charge is -2.17. The van der Waals surface area contributed by atoms with Crippen LogP contribution >= 0.6 is 0 Å². The van der Waals surface area contributed by atoms with Gasteiger partial charge < -0.3 is 10.8 Å². The third-order valence-corrected chi connectivity index (χ3v) is 2.09. The molecule has 4 heteroatoms. The minimum absolute atomic E-state index is 0.266. The molecule has 2 unspecified atom stereocenters. The molecule has 0 aliphatic rings. The molecule has 2 atom stereocenters. The summed E-state index contributed by atoms with van der Waals surface area (Å²) in [7, 11) is 0. The lowest BCUT2D eigenvalue weighted by Crippen LogP contribution is -2.27. The van der Waals surface area contributed by atoms with E-state index in [1.807, 2.05) is 10.7 Å². The minimum atomic E-state index is -0.628. The molecule has 14 heavy (non-hydrogen) atoms. The fourth-order valence-electron chi connectivity index (χ4n) is 1.36. The van der Waals surface area contributed by atoms with Crippen LogP contribution in [0.5, 0.6) is 0 Å². The first-order valence-corrected chi connectivity index (χ1v) is 4.97. The molecule has 1 aromatic heterocycles. The first kappa shape index (κ1) is 11.2. The van der Waals surface area contributed by atoms with Crippen molar-refractivity contribution in [2.24, 2.45) is 11.7 Å². The van der Waals surface area contributed by atoms with Gasteiger partial charge in [0, 0.05) is 18.8 Å². The Morgan fingerprint density at radius 2 is 2.14 bits per heavy atom. The Morgan fingerprint density at radius 1 is 1.50 bits per heavy atom. The topological polar surface area (TPSA) is 64.1 Å². The molecular formula is C10H19N3O. The second-order valence-electron chi connectivity index (χ2n) is 4.14. The molecule has 3 N–H and O–H groups in total. The average Bonchev–Trinajstić information content (AvgIpc) is 2.49. The predicted octanol–water partition coefficient (Wildman–Crippen LogP) is 0.920. The van der Waals surface area contributed by atoms with E-state index in [2.05, 4.69) is 18.9 Å². The molecule has 0 aliphatic carbocycles. The Bertz CT molecular complexity index is 281. The maximum Gasteiger partial charge on any atom is 0.110 e. The highest BCUT2D eigenvalue weighted by molar-refractivity contribution is 5.06. The van der Waals surface area contributed by atoms with Crippen LogP contribution in [0.3, 0.4) is 0 Å². The fraction of sp³-hybridized carbons (Fsp3) is 0.700. The van der Waals surface area contributed by atoms with Crippen LogP contribution in [0.15, 0.2) is 12.3 Å². The summed E-state index contributed by atoms with van der Waals surface area (Å²) in [6.07, 6.45) is 1.07. The van der Waals surface area contributed by atoms with E-state index in [4.69, 9.17) is 5.73 Å². The highest BCUT2D eigenvalue weighted by Gasteiger charge is 2.17. The van der Waals surface area contributed by atoms with Crippen LogP contribution in [0, 0.1) is 5.92 Å². The number of nitrogens with zero attached hydrogens (tertiary/aromatic N) is 2. The number of aliphatic hydroxyl groups excluding tert-OH is 1. The van der Waals surface area contributed by atoms with Crippen molar-refractivity contribution in [1.82, 2.24) is 9.78 Å². The summed E-state index contributed by atoms with van der Waals surface area (Å²) in [4.78, 5) is 0. The Kier molecular flexibility index (Phi) is 3.66. The molecule has 1 aromatic rings. The molecule has 1 rings (SSSR count). The van der Waals surface area contributed by atoms with Crippen LogP contribution in [0.25, 0.3) is 0 Å². The standard InChI is InChI=1S/C10H19N3O/c1-7(2)6-13-9(4-5-12-13)10(14)8(3)11/h4-5,7-8,10,14H,6,11H2,1-3H3. The summed E-state index contributed by atoms with van der Waals surface area (Å²) in [5.74, 6) is 0.508. The van der Waals surface area contributed by atoms with Crippen LogP contribution in [0.1, 0.15) is 32.6 Å². The van der Waals surface area contributed by atoms with Crippen molar-refractivity contribution in [2.75, 3.05) is 0 Å². The summed E-state index contributed by atoms with van der Waals surface area (Å²) < 4.78 is 1.82. The third-order valence-electron chi connectivity index (χ3n) is 2.09. The van der Waals surface area contributed by atoms with Crippen LogP contribution in [0.2, 0.25) is 0 Å². The summed E-state index contributed by atoms with van der Waals surface area (Å²) >= 11 is 0. The normalized spacial score (nSPS) is 15.9. The number of hydrogen-bond acceptors (Lipinski definition) is 3. The highest BCUT2D eigenvalue weighted by Crippen LogP contribution is 2.15. The summed E-state index contributed by atoms with van der Waals surface area (Å²) in [5, 5.41) is 14.0. The van der Waals surface area contributed by atoms with Gasteiger partial charge in [0.25, 0.3) is 0 Å². The monoisotopic (exact) mass is 197 g/mol. The zero-order valence-electron chi connectivity index (χ0n) is 9.01. The lowest BCUT2D eigenvalue weighted by molar-refractivity contribution is 0.141. The van der Waals surface area contributed by atoms with Crippen molar-refractivity contribution in [3.05, 3.63) is 18.0 Å². The van der Waals surface area contributed by atoms with Gasteiger partial charge in [0.2, 0.25) is 0 Å². The van der Waals surface area contributed by atoms with Gasteiger partial charge in [0.05, 0.1) is 5.69 Å². The molecule has 0 fully saturated rings. The van der Waals surface area contributed by atoms with E-state index >= 15 is 0 Å².